The molecule has 1 fully saturated rings. The Labute approximate surface area is 201 Å². The Bertz CT molecular complexity index is 1260. The highest BCUT2D eigenvalue weighted by molar-refractivity contribution is 5.95. The average molecular weight is 480 g/mol. The van der Waals surface area contributed by atoms with E-state index >= 15 is 0 Å². The Morgan fingerprint density at radius 3 is 2.03 bits per heavy atom. The highest BCUT2D eigenvalue weighted by Gasteiger charge is 2.53. The number of benzene rings is 3. The van der Waals surface area contributed by atoms with Crippen LogP contribution in [0.5, 0.6) is 0 Å². The second-order valence-corrected chi connectivity index (χ2v) is 8.83. The molecular formula is C27H25F2N2O4+. The molecule has 35 heavy (non-hydrogen) atoms. The molecule has 3 aromatic rings. The van der Waals surface area contributed by atoms with Crippen molar-refractivity contribution in [2.75, 3.05) is 11.9 Å². The lowest BCUT2D eigenvalue weighted by Crippen LogP contribution is -2.58. The number of carbonyl (C=O) groups is 3. The average Bonchev–Trinajstić information content (AvgIpc) is 3.21. The van der Waals surface area contributed by atoms with E-state index in [0.29, 0.717) is 30.6 Å². The van der Waals surface area contributed by atoms with Crippen LogP contribution in [0.15, 0.2) is 66.7 Å². The molecule has 1 heterocycles. The van der Waals surface area contributed by atoms with E-state index in [0.717, 1.165) is 29.3 Å². The zero-order valence-electron chi connectivity index (χ0n) is 19.1. The molecule has 0 aromatic heterocycles. The Hall–Kier alpha value is -3.91. The summed E-state index contributed by atoms with van der Waals surface area (Å²) in [5, 5.41) is 12.5. The quantitative estimate of drug-likeness (QED) is 0.465. The maximum absolute atomic E-state index is 13.3. The monoisotopic (exact) mass is 479 g/mol. The molecule has 8 heteroatoms. The lowest BCUT2D eigenvalue weighted by Gasteiger charge is -2.29. The van der Waals surface area contributed by atoms with Gasteiger partial charge in [-0.2, -0.15) is 9.28 Å². The molecule has 1 unspecified atom stereocenters. The predicted octanol–water partition coefficient (Wildman–Crippen LogP) is 5.63. The number of nitrogens with zero attached hydrogens (tertiary/aromatic N) is 1. The van der Waals surface area contributed by atoms with E-state index in [-0.39, 0.29) is 18.0 Å². The zero-order chi connectivity index (χ0) is 25.2. The molecule has 2 atom stereocenters. The molecule has 1 saturated heterocycles. The van der Waals surface area contributed by atoms with Crippen LogP contribution >= 0.6 is 0 Å². The number of quaternary nitrogens is 1. The van der Waals surface area contributed by atoms with Crippen molar-refractivity contribution < 1.29 is 32.8 Å². The van der Waals surface area contributed by atoms with E-state index in [1.165, 1.54) is 0 Å². The molecule has 0 spiro atoms. The van der Waals surface area contributed by atoms with Gasteiger partial charge in [-0.3, -0.25) is 4.79 Å². The summed E-state index contributed by atoms with van der Waals surface area (Å²) in [5.74, 6) is -2.29. The van der Waals surface area contributed by atoms with E-state index in [4.69, 9.17) is 0 Å². The molecule has 2 N–H and O–H groups in total. The number of nitrogens with one attached hydrogen (secondary N) is 1. The molecule has 4 rings (SSSR count). The summed E-state index contributed by atoms with van der Waals surface area (Å²) in [6.45, 7) is 2.09. The van der Waals surface area contributed by atoms with Crippen molar-refractivity contribution in [3.8, 4) is 11.1 Å². The van der Waals surface area contributed by atoms with Gasteiger partial charge in [-0.1, -0.05) is 24.3 Å². The fraction of sp³-hybridized carbons (Fsp3) is 0.222. The SMILES string of the molecule is C[C@@H]1CCC[N+]1(C(=O)O)C(=O)c1ccc(-c2ccc(NC(=O)Cc3cc(F)cc(F)c3)cc2)cc1. The number of carbonyl (C=O) groups excluding carboxylic acids is 2. The number of rotatable bonds is 5. The number of hydrogen-bond acceptors (Lipinski definition) is 3. The maximum Gasteiger partial charge on any atom is 0.521 e. The zero-order valence-corrected chi connectivity index (χ0v) is 19.1. The second-order valence-electron chi connectivity index (χ2n) is 8.83. The highest BCUT2D eigenvalue weighted by atomic mass is 19.1. The fourth-order valence-electron chi connectivity index (χ4n) is 4.63. The first-order valence-electron chi connectivity index (χ1n) is 11.3. The topological polar surface area (TPSA) is 83.5 Å². The molecule has 6 nitrogen and oxygen atoms in total. The van der Waals surface area contributed by atoms with Gasteiger partial charge in [0.1, 0.15) is 17.7 Å². The standard InChI is InChI=1S/C27H24F2N2O4/c1-17-3-2-12-31(17,27(34)35)26(33)21-6-4-19(5-7-21)20-8-10-24(11-9-20)30-25(32)15-18-13-22(28)16-23(29)14-18/h4-11,13-14,16-17H,2-3,12,15H2,1H3,(H-,30,32,33,34,35)/p+1/t17-,31?/m1/s1. The number of hydrogen-bond donors (Lipinski definition) is 2. The summed E-state index contributed by atoms with van der Waals surface area (Å²) in [6.07, 6.45) is 0.0995. The Morgan fingerprint density at radius 1 is 0.943 bits per heavy atom. The summed E-state index contributed by atoms with van der Waals surface area (Å²) in [5.41, 5.74) is 2.78. The van der Waals surface area contributed by atoms with Gasteiger partial charge in [0.05, 0.1) is 18.5 Å². The Balaban J connectivity index is 1.43. The van der Waals surface area contributed by atoms with Gasteiger partial charge in [0.25, 0.3) is 0 Å². The lowest BCUT2D eigenvalue weighted by atomic mass is 10.0. The van der Waals surface area contributed by atoms with Gasteiger partial charge in [0.15, 0.2) is 0 Å². The maximum atomic E-state index is 13.3. The van der Waals surface area contributed by atoms with Gasteiger partial charge < -0.3 is 10.4 Å². The largest absolute Gasteiger partial charge is 0.521 e. The van der Waals surface area contributed by atoms with Crippen LogP contribution in [0.1, 0.15) is 35.7 Å². The normalized spacial score (nSPS) is 19.3. The summed E-state index contributed by atoms with van der Waals surface area (Å²) >= 11 is 0. The Morgan fingerprint density at radius 2 is 1.51 bits per heavy atom. The number of amides is 3. The summed E-state index contributed by atoms with van der Waals surface area (Å²) in [7, 11) is 0. The molecular weight excluding hydrogens is 454 g/mol. The van der Waals surface area contributed by atoms with E-state index in [9.17, 15) is 28.3 Å². The molecule has 3 amide bonds. The molecule has 1 aliphatic heterocycles. The third-order valence-corrected chi connectivity index (χ3v) is 6.51. The third kappa shape index (κ3) is 4.97. The second kappa shape index (κ2) is 9.76. The van der Waals surface area contributed by atoms with Crippen molar-refractivity contribution >= 4 is 23.6 Å². The number of likely N-dealkylation sites (tertiary alicyclic amines) is 1. The molecule has 1 aliphatic rings. The van der Waals surface area contributed by atoms with Crippen molar-refractivity contribution in [3.05, 3.63) is 89.5 Å². The van der Waals surface area contributed by atoms with Gasteiger partial charge in [-0.05, 0) is 60.0 Å². The van der Waals surface area contributed by atoms with Crippen LogP contribution in [-0.4, -0.2) is 40.1 Å². The first-order chi connectivity index (χ1) is 16.7. The molecule has 0 radical (unpaired) electrons. The van der Waals surface area contributed by atoms with E-state index in [1.54, 1.807) is 55.5 Å². The van der Waals surface area contributed by atoms with E-state index in [1.807, 2.05) is 0 Å². The van der Waals surface area contributed by atoms with Crippen LogP contribution in [0, 0.1) is 11.6 Å². The number of halogens is 2. The van der Waals surface area contributed by atoms with Gasteiger partial charge >= 0.3 is 12.0 Å². The van der Waals surface area contributed by atoms with Crippen LogP contribution in [0.2, 0.25) is 0 Å². The molecule has 3 aromatic carbocycles. The molecule has 0 saturated carbocycles. The lowest BCUT2D eigenvalue weighted by molar-refractivity contribution is -0.785. The van der Waals surface area contributed by atoms with E-state index < -0.39 is 34.0 Å². The van der Waals surface area contributed by atoms with Crippen LogP contribution < -0.4 is 5.32 Å². The van der Waals surface area contributed by atoms with Gasteiger partial charge in [-0.15, -0.1) is 0 Å². The summed E-state index contributed by atoms with van der Waals surface area (Å²) in [4.78, 5) is 37.3. The van der Waals surface area contributed by atoms with Crippen LogP contribution in [0.4, 0.5) is 19.3 Å². The van der Waals surface area contributed by atoms with E-state index in [2.05, 4.69) is 5.32 Å². The van der Waals surface area contributed by atoms with Gasteiger partial charge in [0, 0.05) is 24.6 Å². The Kier molecular flexibility index (Phi) is 6.75. The number of imide groups is 1. The van der Waals surface area contributed by atoms with Gasteiger partial charge in [-0.25, -0.2) is 13.6 Å². The van der Waals surface area contributed by atoms with Crippen molar-refractivity contribution in [1.82, 2.24) is 0 Å². The van der Waals surface area contributed by atoms with Crippen molar-refractivity contribution in [2.45, 2.75) is 32.2 Å². The van der Waals surface area contributed by atoms with Crippen LogP contribution in [-0.2, 0) is 11.2 Å². The highest BCUT2D eigenvalue weighted by Crippen LogP contribution is 2.31. The summed E-state index contributed by atoms with van der Waals surface area (Å²) < 4.78 is 26.1. The number of anilines is 1. The minimum atomic E-state index is -1.12. The summed E-state index contributed by atoms with van der Waals surface area (Å²) in [6, 6.07) is 16.5. The predicted molar refractivity (Wildman–Crippen MR) is 127 cm³/mol. The van der Waals surface area contributed by atoms with Crippen molar-refractivity contribution in [1.29, 1.82) is 0 Å². The minimum Gasteiger partial charge on any atom is -0.435 e. The fourth-order valence-corrected chi connectivity index (χ4v) is 4.63. The third-order valence-electron chi connectivity index (χ3n) is 6.51. The van der Waals surface area contributed by atoms with Crippen LogP contribution in [0.25, 0.3) is 11.1 Å². The number of carboxylic acid groups (broad SMARTS) is 1. The molecule has 180 valence electrons. The molecule has 0 bridgehead atoms. The van der Waals surface area contributed by atoms with Crippen molar-refractivity contribution in [2.24, 2.45) is 0 Å². The molecule has 0 aliphatic carbocycles. The first kappa shape index (κ1) is 24.2. The first-order valence-corrected chi connectivity index (χ1v) is 11.3. The minimum absolute atomic E-state index is 0.166. The van der Waals surface area contributed by atoms with Crippen LogP contribution in [0.3, 0.4) is 0 Å². The smallest absolute Gasteiger partial charge is 0.435 e. The van der Waals surface area contributed by atoms with Gasteiger partial charge in [0.2, 0.25) is 5.91 Å². The van der Waals surface area contributed by atoms with Crippen molar-refractivity contribution in [3.63, 3.8) is 0 Å².